The lowest BCUT2D eigenvalue weighted by atomic mass is 10.0. The maximum Gasteiger partial charge on any atom is 0.239 e. The Balaban J connectivity index is 1.48. The molecule has 0 bridgehead atoms. The van der Waals surface area contributed by atoms with Crippen LogP contribution in [0.15, 0.2) is 18.3 Å². The summed E-state index contributed by atoms with van der Waals surface area (Å²) in [6, 6.07) is 3.94. The highest BCUT2D eigenvalue weighted by Crippen LogP contribution is 2.32. The van der Waals surface area contributed by atoms with Gasteiger partial charge in [-0.3, -0.25) is 14.5 Å². The summed E-state index contributed by atoms with van der Waals surface area (Å²) in [6.07, 6.45) is 5.07. The minimum atomic E-state index is -0.0493. The summed E-state index contributed by atoms with van der Waals surface area (Å²) in [7, 11) is 0. The fourth-order valence-corrected chi connectivity index (χ4v) is 4.56. The molecule has 2 aliphatic rings. The topological polar surface area (TPSA) is 83.4 Å². The Morgan fingerprint density at radius 1 is 1.28 bits per heavy atom. The summed E-state index contributed by atoms with van der Waals surface area (Å²) in [6.45, 7) is 8.19. The number of amides is 2. The quantitative estimate of drug-likeness (QED) is 0.795. The van der Waals surface area contributed by atoms with Crippen molar-refractivity contribution in [3.8, 4) is 0 Å². The molecule has 4 rings (SSSR count). The van der Waals surface area contributed by atoms with E-state index in [1.165, 1.54) is 19.8 Å². The van der Waals surface area contributed by atoms with Gasteiger partial charge < -0.3 is 10.2 Å². The summed E-state index contributed by atoms with van der Waals surface area (Å²) in [4.78, 5) is 33.0. The number of carbonyl (C=O) groups is 2. The Bertz CT molecular complexity index is 888. The molecule has 2 aromatic rings. The van der Waals surface area contributed by atoms with Crippen LogP contribution in [-0.2, 0) is 16.1 Å². The highest BCUT2D eigenvalue weighted by Gasteiger charge is 2.34. The zero-order chi connectivity index (χ0) is 20.4. The van der Waals surface area contributed by atoms with Crippen LogP contribution in [0.5, 0.6) is 0 Å². The number of hydrogen-bond donors (Lipinski definition) is 1. The number of carbonyl (C=O) groups excluding carboxylic acids is 2. The highest BCUT2D eigenvalue weighted by atomic mass is 16.2. The van der Waals surface area contributed by atoms with Gasteiger partial charge in [-0.15, -0.1) is 0 Å². The summed E-state index contributed by atoms with van der Waals surface area (Å²) >= 11 is 0. The Kier molecular flexibility index (Phi) is 5.80. The molecule has 2 atom stereocenters. The predicted octanol–water partition coefficient (Wildman–Crippen LogP) is 1.37. The molecule has 8 nitrogen and oxygen atoms in total. The Labute approximate surface area is 171 Å². The Hall–Kier alpha value is -2.48. The van der Waals surface area contributed by atoms with Crippen LogP contribution >= 0.6 is 0 Å². The summed E-state index contributed by atoms with van der Waals surface area (Å²) in [5.41, 5.74) is 1.85. The third-order valence-corrected chi connectivity index (χ3v) is 6.17. The van der Waals surface area contributed by atoms with Gasteiger partial charge in [0.2, 0.25) is 11.8 Å². The molecule has 0 spiro atoms. The van der Waals surface area contributed by atoms with Crippen molar-refractivity contribution in [1.82, 2.24) is 29.9 Å². The van der Waals surface area contributed by atoms with Crippen LogP contribution in [0.4, 0.5) is 0 Å². The van der Waals surface area contributed by atoms with Crippen molar-refractivity contribution >= 4 is 22.8 Å². The smallest absolute Gasteiger partial charge is 0.239 e. The van der Waals surface area contributed by atoms with Crippen LogP contribution in [0, 0.1) is 0 Å². The Morgan fingerprint density at radius 3 is 2.83 bits per heavy atom. The molecule has 1 N–H and O–H groups in total. The third-order valence-electron chi connectivity index (χ3n) is 6.17. The maximum absolute atomic E-state index is 13.0. The van der Waals surface area contributed by atoms with Crippen molar-refractivity contribution in [2.45, 2.75) is 51.6 Å². The summed E-state index contributed by atoms with van der Waals surface area (Å²) < 4.78 is 1.87. The van der Waals surface area contributed by atoms with Gasteiger partial charge in [0.05, 0.1) is 18.3 Å². The number of fused-ring (bicyclic) bond motifs is 1. The molecule has 156 valence electrons. The second-order valence-corrected chi connectivity index (χ2v) is 8.15. The first-order chi connectivity index (χ1) is 14.0. The van der Waals surface area contributed by atoms with Gasteiger partial charge >= 0.3 is 0 Å². The van der Waals surface area contributed by atoms with E-state index in [0.29, 0.717) is 19.6 Å². The van der Waals surface area contributed by atoms with Gasteiger partial charge in [0, 0.05) is 44.1 Å². The van der Waals surface area contributed by atoms with E-state index in [0.717, 1.165) is 42.8 Å². The Morgan fingerprint density at radius 2 is 2.07 bits per heavy atom. The minimum absolute atomic E-state index is 0.0372. The molecule has 2 saturated heterocycles. The second kappa shape index (κ2) is 8.49. The molecule has 29 heavy (non-hydrogen) atoms. The van der Waals surface area contributed by atoms with Crippen LogP contribution in [-0.4, -0.2) is 75.1 Å². The molecule has 4 heterocycles. The van der Waals surface area contributed by atoms with E-state index < -0.39 is 0 Å². The van der Waals surface area contributed by atoms with E-state index in [4.69, 9.17) is 5.10 Å². The van der Waals surface area contributed by atoms with Crippen molar-refractivity contribution in [3.05, 3.63) is 24.0 Å². The van der Waals surface area contributed by atoms with Crippen molar-refractivity contribution in [3.63, 3.8) is 0 Å². The molecule has 2 fully saturated rings. The lowest BCUT2D eigenvalue weighted by Gasteiger charge is -2.27. The molecule has 0 saturated carbocycles. The monoisotopic (exact) mass is 398 g/mol. The van der Waals surface area contributed by atoms with Gasteiger partial charge in [-0.1, -0.05) is 0 Å². The molecule has 8 heteroatoms. The first-order valence-corrected chi connectivity index (χ1v) is 10.6. The zero-order valence-corrected chi connectivity index (χ0v) is 17.3. The van der Waals surface area contributed by atoms with Crippen LogP contribution in [0.25, 0.3) is 11.0 Å². The number of nitrogens with one attached hydrogen (secondary N) is 1. The molecule has 2 aromatic heterocycles. The van der Waals surface area contributed by atoms with Crippen molar-refractivity contribution in [1.29, 1.82) is 0 Å². The lowest BCUT2D eigenvalue weighted by Crippen LogP contribution is -2.45. The highest BCUT2D eigenvalue weighted by molar-refractivity contribution is 5.83. The normalized spacial score (nSPS) is 21.0. The van der Waals surface area contributed by atoms with Crippen LogP contribution in [0.1, 0.15) is 44.7 Å². The van der Waals surface area contributed by atoms with Crippen LogP contribution in [0.2, 0.25) is 0 Å². The number of pyridine rings is 1. The number of aromatic nitrogens is 3. The fraction of sp³-hybridized carbons (Fsp3) is 0.619. The van der Waals surface area contributed by atoms with E-state index in [1.54, 1.807) is 6.20 Å². The van der Waals surface area contributed by atoms with Gasteiger partial charge in [-0.05, 0) is 51.4 Å². The first-order valence-electron chi connectivity index (χ1n) is 10.6. The van der Waals surface area contributed by atoms with Gasteiger partial charge in [0.1, 0.15) is 0 Å². The second-order valence-electron chi connectivity index (χ2n) is 8.15. The van der Waals surface area contributed by atoms with Crippen molar-refractivity contribution < 1.29 is 9.59 Å². The molecular formula is C21H30N6O2. The molecule has 0 aromatic carbocycles. The van der Waals surface area contributed by atoms with Crippen molar-refractivity contribution in [2.24, 2.45) is 0 Å². The molecule has 0 unspecified atom stereocenters. The lowest BCUT2D eigenvalue weighted by molar-refractivity contribution is -0.135. The van der Waals surface area contributed by atoms with Gasteiger partial charge in [-0.2, -0.15) is 5.10 Å². The molecule has 0 aliphatic carbocycles. The van der Waals surface area contributed by atoms with E-state index in [-0.39, 0.29) is 23.8 Å². The molecule has 2 amide bonds. The van der Waals surface area contributed by atoms with E-state index in [9.17, 15) is 9.59 Å². The molecule has 2 aliphatic heterocycles. The summed E-state index contributed by atoms with van der Waals surface area (Å²) in [5, 5.41) is 8.70. The SMILES string of the molecule is CC(=O)NCCn1nc([C@@H]2CCN(C(=O)[C@H](C)N3CCCC3)C2)c2cccnc21. The fourth-order valence-electron chi connectivity index (χ4n) is 4.56. The van der Waals surface area contributed by atoms with Crippen LogP contribution in [0.3, 0.4) is 0 Å². The minimum Gasteiger partial charge on any atom is -0.354 e. The maximum atomic E-state index is 13.0. The summed E-state index contributed by atoms with van der Waals surface area (Å²) in [5.74, 6) is 0.409. The number of likely N-dealkylation sites (tertiary alicyclic amines) is 2. The average Bonchev–Trinajstić information content (AvgIpc) is 3.46. The van der Waals surface area contributed by atoms with E-state index >= 15 is 0 Å². The van der Waals surface area contributed by atoms with Gasteiger partial charge in [0.25, 0.3) is 0 Å². The van der Waals surface area contributed by atoms with Gasteiger partial charge in [0.15, 0.2) is 5.65 Å². The molecule has 0 radical (unpaired) electrons. The van der Waals surface area contributed by atoms with E-state index in [2.05, 4.69) is 21.3 Å². The van der Waals surface area contributed by atoms with Gasteiger partial charge in [-0.25, -0.2) is 9.67 Å². The molecular weight excluding hydrogens is 368 g/mol. The number of hydrogen-bond acceptors (Lipinski definition) is 5. The van der Waals surface area contributed by atoms with Crippen molar-refractivity contribution in [2.75, 3.05) is 32.7 Å². The largest absolute Gasteiger partial charge is 0.354 e. The third kappa shape index (κ3) is 4.12. The van der Waals surface area contributed by atoms with Crippen LogP contribution < -0.4 is 5.32 Å². The first kappa shape index (κ1) is 19.8. The number of nitrogens with zero attached hydrogens (tertiary/aromatic N) is 5. The predicted molar refractivity (Wildman–Crippen MR) is 110 cm³/mol. The van der Waals surface area contributed by atoms with E-state index in [1.807, 2.05) is 22.6 Å². The zero-order valence-electron chi connectivity index (χ0n) is 17.3. The standard InChI is InChI=1S/C21H30N6O2/c1-15(25-10-3-4-11-25)21(29)26-12-7-17(14-26)19-18-6-5-8-23-20(18)27(24-19)13-9-22-16(2)28/h5-6,8,15,17H,3-4,7,9-14H2,1-2H3,(H,22,28)/t15-,17+/m0/s1. The number of rotatable bonds is 6. The average molecular weight is 399 g/mol.